The molecular weight excluding hydrogens is 922 g/mol. The van der Waals surface area contributed by atoms with Gasteiger partial charge in [-0.3, -0.25) is 24.0 Å². The highest BCUT2D eigenvalue weighted by Gasteiger charge is 2.42. The van der Waals surface area contributed by atoms with E-state index in [2.05, 4.69) is 43.6 Å². The van der Waals surface area contributed by atoms with Gasteiger partial charge in [-0.15, -0.1) is 0 Å². The maximum Gasteiger partial charge on any atom is 0.453 e. The molecule has 0 heterocycles. The molecule has 0 aliphatic carbocycles. The van der Waals surface area contributed by atoms with Gasteiger partial charge in [0.25, 0.3) is 0 Å². The molecule has 4 atom stereocenters. The first-order valence-electron chi connectivity index (χ1n) is 21.1. The fourth-order valence-electron chi connectivity index (χ4n) is 6.72. The highest BCUT2D eigenvalue weighted by atomic mass is 32.2. The van der Waals surface area contributed by atoms with Crippen LogP contribution in [0, 0.1) is 0 Å². The minimum atomic E-state index is -4.30. The first-order chi connectivity index (χ1) is 32.0. The number of rotatable bonds is 24. The average Bonchev–Trinajstić information content (AvgIpc) is 3.30. The molecule has 0 aromatic heterocycles. The van der Waals surface area contributed by atoms with Crippen molar-refractivity contribution in [3.05, 3.63) is 133 Å². The van der Waals surface area contributed by atoms with Crippen molar-refractivity contribution in [2.24, 2.45) is 0 Å². The molecule has 0 bridgehead atoms. The summed E-state index contributed by atoms with van der Waals surface area (Å²) in [5.74, 6) is -4.79. The number of hydrogen-bond donors (Lipinski definition) is 7. The van der Waals surface area contributed by atoms with Crippen LogP contribution in [0.4, 0.5) is 5.69 Å². The van der Waals surface area contributed by atoms with Gasteiger partial charge in [-0.05, 0) is 62.2 Å². The van der Waals surface area contributed by atoms with Crippen LogP contribution in [0.25, 0.3) is 10.8 Å². The molecule has 1 unspecified atom stereocenters. The molecule has 5 aromatic rings. The molecule has 0 saturated carbocycles. The smallest absolute Gasteiger partial charge is 0.415 e. The number of nitrogens with zero attached hydrogens (tertiary/aromatic N) is 1. The van der Waals surface area contributed by atoms with Crippen LogP contribution in [-0.2, 0) is 49.8 Å². The van der Waals surface area contributed by atoms with Crippen LogP contribution in [0.2, 0.25) is 0 Å². The Balaban J connectivity index is 1.24. The van der Waals surface area contributed by atoms with Gasteiger partial charge in [-0.2, -0.15) is 0 Å². The van der Waals surface area contributed by atoms with Gasteiger partial charge in [0.2, 0.25) is 33.7 Å². The first-order valence-corrected chi connectivity index (χ1v) is 24.6. The minimum absolute atomic E-state index is 0.00919. The fraction of sp³-hybridized carbons (Fsp3) is 0.283. The molecule has 67 heavy (non-hydrogen) atoms. The van der Waals surface area contributed by atoms with E-state index in [1.165, 1.54) is 19.9 Å². The van der Waals surface area contributed by atoms with Crippen LogP contribution in [-0.4, -0.2) is 82.6 Å². The van der Waals surface area contributed by atoms with Gasteiger partial charge in [0.1, 0.15) is 29.6 Å². The van der Waals surface area contributed by atoms with Gasteiger partial charge >= 0.3 is 13.6 Å². The maximum atomic E-state index is 14.9. The molecular formula is C46H54N7O11PS2. The van der Waals surface area contributed by atoms with Crippen molar-refractivity contribution in [2.75, 3.05) is 25.5 Å². The lowest BCUT2D eigenvalue weighted by Crippen LogP contribution is -2.56. The number of para-hydroxylation sites is 2. The monoisotopic (exact) mass is 975 g/mol. The standard InChI is InChI=1S/C46H54N7O11PS2/c1-31(44(56)48-32(2)45(57)51-42(30-33-16-8-5-9-17-33)65(59,63-34-18-10-6-11-19-34)64-35-20-12-7-13-21-35)49-46(58)38(26-27-43(55)62-52-66)50-41(54)28-29-47-67(60,61)40-25-15-22-36-37(40)23-14-24-39(36)53(3)4/h5-25,31-32,38,42,47,52,66H,26-30H2,1-4H3,(H,48,56)(H,49,58)(H,50,54)(H,51,57)/t31-,32-,38-,42?/m0/s1. The van der Waals surface area contributed by atoms with Gasteiger partial charge in [0.05, 0.1) is 4.90 Å². The summed E-state index contributed by atoms with van der Waals surface area (Å²) in [6.07, 6.45) is -1.04. The van der Waals surface area contributed by atoms with E-state index in [1.54, 1.807) is 103 Å². The van der Waals surface area contributed by atoms with E-state index in [9.17, 15) is 37.0 Å². The molecule has 5 aromatic carbocycles. The number of amides is 4. The first kappa shape index (κ1) is 51.5. The largest absolute Gasteiger partial charge is 0.453 e. The predicted molar refractivity (Wildman–Crippen MR) is 256 cm³/mol. The van der Waals surface area contributed by atoms with Crippen LogP contribution in [0.5, 0.6) is 11.5 Å². The van der Waals surface area contributed by atoms with Crippen molar-refractivity contribution >= 4 is 76.5 Å². The summed E-state index contributed by atoms with van der Waals surface area (Å²) in [4.78, 5) is 74.7. The van der Waals surface area contributed by atoms with E-state index < -0.39 is 77.5 Å². The summed E-state index contributed by atoms with van der Waals surface area (Å²) in [7, 11) is -4.71. The van der Waals surface area contributed by atoms with E-state index in [-0.39, 0.29) is 42.2 Å². The molecule has 6 N–H and O–H groups in total. The zero-order valence-corrected chi connectivity index (χ0v) is 39.8. The number of sulfonamides is 1. The van der Waals surface area contributed by atoms with E-state index in [0.29, 0.717) is 16.3 Å². The summed E-state index contributed by atoms with van der Waals surface area (Å²) in [6, 6.07) is 31.9. The molecule has 4 amide bonds. The number of anilines is 1. The highest BCUT2D eigenvalue weighted by Crippen LogP contribution is 2.53. The molecule has 0 aliphatic rings. The molecule has 0 radical (unpaired) electrons. The van der Waals surface area contributed by atoms with Crippen molar-refractivity contribution in [3.63, 3.8) is 0 Å². The zero-order valence-electron chi connectivity index (χ0n) is 37.2. The molecule has 0 saturated heterocycles. The minimum Gasteiger partial charge on any atom is -0.415 e. The van der Waals surface area contributed by atoms with Crippen molar-refractivity contribution in [1.29, 1.82) is 0 Å². The summed E-state index contributed by atoms with van der Waals surface area (Å²) in [5, 5.41) is 11.5. The Hall–Kier alpha value is -6.44. The third-order valence-corrected chi connectivity index (χ3v) is 13.8. The predicted octanol–water partition coefficient (Wildman–Crippen LogP) is 4.78. The maximum absolute atomic E-state index is 14.9. The number of hydrogen-bond acceptors (Lipinski definition) is 14. The Labute approximate surface area is 395 Å². The third kappa shape index (κ3) is 15.0. The average molecular weight is 976 g/mol. The quantitative estimate of drug-likeness (QED) is 0.0251. The lowest BCUT2D eigenvalue weighted by atomic mass is 10.1. The number of fused-ring (bicyclic) bond motifs is 1. The molecule has 356 valence electrons. The molecule has 18 nitrogen and oxygen atoms in total. The number of thiol groups is 1. The van der Waals surface area contributed by atoms with Gasteiger partial charge in [-0.1, -0.05) is 109 Å². The second kappa shape index (κ2) is 24.4. The lowest BCUT2D eigenvalue weighted by Gasteiger charge is -2.29. The fourth-order valence-corrected chi connectivity index (χ4v) is 9.92. The van der Waals surface area contributed by atoms with E-state index in [4.69, 9.17) is 9.05 Å². The van der Waals surface area contributed by atoms with Crippen LogP contribution >= 0.6 is 20.4 Å². The van der Waals surface area contributed by atoms with Crippen molar-refractivity contribution in [3.8, 4) is 11.5 Å². The van der Waals surface area contributed by atoms with Gasteiger partial charge in [0, 0.05) is 56.4 Å². The Morgan fingerprint density at radius 2 is 1.19 bits per heavy atom. The van der Waals surface area contributed by atoms with Crippen LogP contribution in [0.1, 0.15) is 38.7 Å². The Bertz CT molecular complexity index is 2600. The van der Waals surface area contributed by atoms with Crippen LogP contribution in [0.15, 0.2) is 132 Å². The summed E-state index contributed by atoms with van der Waals surface area (Å²) in [5.41, 5.74) is 1.52. The lowest BCUT2D eigenvalue weighted by molar-refractivity contribution is -0.147. The number of benzene rings is 5. The third-order valence-electron chi connectivity index (χ3n) is 10.1. The number of carbonyl (C=O) groups is 5. The normalized spacial score (nSPS) is 13.2. The molecule has 5 rings (SSSR count). The molecule has 0 fully saturated rings. The molecule has 0 aliphatic heterocycles. The van der Waals surface area contributed by atoms with Crippen molar-refractivity contribution in [1.82, 2.24) is 30.9 Å². The Kier molecular flexibility index (Phi) is 18.7. The SMILES string of the molecule is C[C@H](NC(=O)[C@H](C)NC(=O)[C@H](CCC(=O)ONS)NC(=O)CCNS(=O)(=O)c1cccc2c(N(C)C)cccc12)C(=O)NC(Cc1ccccc1)P(=O)(Oc1ccccc1)Oc1ccccc1. The molecule has 21 heteroatoms. The summed E-state index contributed by atoms with van der Waals surface area (Å²) in [6.45, 7) is 2.39. The van der Waals surface area contributed by atoms with E-state index >= 15 is 0 Å². The van der Waals surface area contributed by atoms with Gasteiger partial charge < -0.3 is 40.1 Å². The highest BCUT2D eigenvalue weighted by molar-refractivity contribution is 7.89. The second-order valence-electron chi connectivity index (χ2n) is 15.4. The van der Waals surface area contributed by atoms with Gasteiger partial charge in [0.15, 0.2) is 5.78 Å². The van der Waals surface area contributed by atoms with Crippen molar-refractivity contribution < 1.29 is 50.8 Å². The van der Waals surface area contributed by atoms with Crippen LogP contribution in [0.3, 0.4) is 0 Å². The van der Waals surface area contributed by atoms with Crippen molar-refractivity contribution in [2.45, 2.75) is 68.3 Å². The number of carbonyl (C=O) groups excluding carboxylic acids is 5. The van der Waals surface area contributed by atoms with E-state index in [0.717, 1.165) is 5.69 Å². The zero-order chi connectivity index (χ0) is 48.6. The topological polar surface area (TPSA) is 240 Å². The Morgan fingerprint density at radius 1 is 0.657 bits per heavy atom. The second-order valence-corrected chi connectivity index (χ2v) is 19.4. The van der Waals surface area contributed by atoms with E-state index in [1.807, 2.05) is 42.1 Å². The Morgan fingerprint density at radius 3 is 1.78 bits per heavy atom. The van der Waals surface area contributed by atoms with Crippen LogP contribution < -0.4 is 44.8 Å². The van der Waals surface area contributed by atoms with Gasteiger partial charge in [-0.25, -0.2) is 17.7 Å². The summed E-state index contributed by atoms with van der Waals surface area (Å²) < 4.78 is 56.2. The summed E-state index contributed by atoms with van der Waals surface area (Å²) >= 11 is 3.63. The number of nitrogens with one attached hydrogen (secondary N) is 6. The molecule has 0 spiro atoms.